The van der Waals surface area contributed by atoms with Crippen LogP contribution in [0, 0.1) is 11.8 Å². The van der Waals surface area contributed by atoms with Crippen LogP contribution in [0.5, 0.6) is 0 Å². The van der Waals surface area contributed by atoms with E-state index in [2.05, 4.69) is 15.0 Å². The number of para-hydroxylation sites is 2. The molecule has 1 N–H and O–H groups in total. The fourth-order valence-corrected chi connectivity index (χ4v) is 8.25. The van der Waals surface area contributed by atoms with Crippen molar-refractivity contribution in [3.63, 3.8) is 0 Å². The van der Waals surface area contributed by atoms with E-state index in [4.69, 9.17) is 4.84 Å². The van der Waals surface area contributed by atoms with Crippen LogP contribution in [-0.2, 0) is 9.63 Å². The number of hydrogen-bond acceptors (Lipinski definition) is 6. The molecule has 0 amide bonds. The number of carbonyl (C=O) groups is 1. The molecule has 4 aliphatic rings. The van der Waals surface area contributed by atoms with Crippen molar-refractivity contribution < 1.29 is 14.7 Å². The van der Waals surface area contributed by atoms with Crippen molar-refractivity contribution in [2.24, 2.45) is 17.0 Å². The van der Waals surface area contributed by atoms with Gasteiger partial charge in [0, 0.05) is 24.2 Å². The molecule has 37 heavy (non-hydrogen) atoms. The van der Waals surface area contributed by atoms with Gasteiger partial charge in [0.1, 0.15) is 7.11 Å². The quantitative estimate of drug-likeness (QED) is 0.464. The van der Waals surface area contributed by atoms with Crippen LogP contribution in [0.15, 0.2) is 34.2 Å². The fourth-order valence-electron chi connectivity index (χ4n) is 8.25. The number of carboxylic acid groups (broad SMARTS) is 1. The van der Waals surface area contributed by atoms with Crippen molar-refractivity contribution in [3.8, 4) is 0 Å². The Hall–Kier alpha value is -2.74. The van der Waals surface area contributed by atoms with Gasteiger partial charge in [-0.1, -0.05) is 49.4 Å². The maximum Gasteiger partial charge on any atom is 0.360 e. The van der Waals surface area contributed by atoms with E-state index < -0.39 is 17.2 Å². The summed E-state index contributed by atoms with van der Waals surface area (Å²) in [5, 5.41) is 13.4. The van der Waals surface area contributed by atoms with Crippen LogP contribution in [-0.4, -0.2) is 56.5 Å². The Morgan fingerprint density at radius 1 is 0.919 bits per heavy atom. The summed E-state index contributed by atoms with van der Waals surface area (Å²) in [5.41, 5.74) is 0.369. The van der Waals surface area contributed by atoms with Crippen molar-refractivity contribution in [2.75, 3.05) is 7.11 Å². The summed E-state index contributed by atoms with van der Waals surface area (Å²) in [4.78, 5) is 37.9. The topological polar surface area (TPSA) is 97.0 Å². The predicted octanol–water partition coefficient (Wildman–Crippen LogP) is 4.75. The van der Waals surface area contributed by atoms with Crippen LogP contribution in [0.1, 0.15) is 88.8 Å². The minimum atomic E-state index is -1.32. The average Bonchev–Trinajstić information content (AvgIpc) is 3.05. The standard InChI is InChI=1S/C29H38N4O4/c1-37-31-27(29(35)36)26-28(34)33(25-12-5-4-11-24(25)30-26)23-16-20-9-6-10-21(17-23)32(20)22-14-18-7-2-3-8-19(13-18)15-22/h4-5,11-12,18-23H,2-3,6-10,13-17H2,1H3,(H,35,36)/b31-27-/t18-,19?,20-,21+,22-,23+/m1/s1. The largest absolute Gasteiger partial charge is 0.476 e. The van der Waals surface area contributed by atoms with Gasteiger partial charge in [-0.15, -0.1) is 0 Å². The van der Waals surface area contributed by atoms with Crippen molar-refractivity contribution in [2.45, 2.75) is 101 Å². The molecule has 6 atom stereocenters. The molecule has 8 heteroatoms. The molecule has 2 aliphatic heterocycles. The second kappa shape index (κ2) is 10.2. The molecule has 1 aromatic heterocycles. The summed E-state index contributed by atoms with van der Waals surface area (Å²) < 4.78 is 1.83. The molecule has 0 spiro atoms. The van der Waals surface area contributed by atoms with E-state index in [-0.39, 0.29) is 11.7 Å². The first kappa shape index (κ1) is 24.6. The van der Waals surface area contributed by atoms with Gasteiger partial charge in [0.25, 0.3) is 5.56 Å². The van der Waals surface area contributed by atoms with Crippen LogP contribution in [0.2, 0.25) is 0 Å². The Balaban J connectivity index is 1.36. The molecule has 6 rings (SSSR count). The summed E-state index contributed by atoms with van der Waals surface area (Å²) in [7, 11) is 1.28. The molecule has 1 unspecified atom stereocenters. The minimum absolute atomic E-state index is 0.00848. The monoisotopic (exact) mass is 506 g/mol. The van der Waals surface area contributed by atoms with Gasteiger partial charge in [0.15, 0.2) is 5.69 Å². The van der Waals surface area contributed by atoms with E-state index in [0.717, 1.165) is 30.2 Å². The molecular formula is C29H38N4O4. The molecule has 2 saturated heterocycles. The molecule has 2 aliphatic carbocycles. The van der Waals surface area contributed by atoms with E-state index in [9.17, 15) is 14.7 Å². The Morgan fingerprint density at radius 2 is 1.59 bits per heavy atom. The highest BCUT2D eigenvalue weighted by Gasteiger charge is 2.45. The van der Waals surface area contributed by atoms with Gasteiger partial charge < -0.3 is 14.5 Å². The zero-order valence-corrected chi connectivity index (χ0v) is 21.7. The molecule has 1 aromatic carbocycles. The molecule has 8 nitrogen and oxygen atoms in total. The summed E-state index contributed by atoms with van der Waals surface area (Å²) in [6.07, 6.45) is 15.1. The highest BCUT2D eigenvalue weighted by atomic mass is 16.6. The average molecular weight is 507 g/mol. The van der Waals surface area contributed by atoms with E-state index >= 15 is 0 Å². The maximum absolute atomic E-state index is 13.9. The van der Waals surface area contributed by atoms with Crippen molar-refractivity contribution >= 4 is 22.7 Å². The molecule has 2 saturated carbocycles. The van der Waals surface area contributed by atoms with E-state index in [1.807, 2.05) is 28.8 Å². The van der Waals surface area contributed by atoms with Gasteiger partial charge in [-0.3, -0.25) is 9.69 Å². The summed E-state index contributed by atoms with van der Waals surface area (Å²) >= 11 is 0. The zero-order valence-electron chi connectivity index (χ0n) is 21.7. The Kier molecular flexibility index (Phi) is 6.78. The number of rotatable bonds is 5. The molecular weight excluding hydrogens is 468 g/mol. The number of hydrogen-bond donors (Lipinski definition) is 1. The minimum Gasteiger partial charge on any atom is -0.476 e. The van der Waals surface area contributed by atoms with Crippen LogP contribution >= 0.6 is 0 Å². The highest BCUT2D eigenvalue weighted by molar-refractivity contribution is 6.41. The number of piperidine rings is 2. The first-order chi connectivity index (χ1) is 18.0. The van der Waals surface area contributed by atoms with Gasteiger partial charge in [-0.05, 0) is 68.9 Å². The first-order valence-corrected chi connectivity index (χ1v) is 14.2. The third kappa shape index (κ3) is 4.58. The van der Waals surface area contributed by atoms with Gasteiger partial charge in [-0.25, -0.2) is 9.78 Å². The molecule has 2 aromatic rings. The predicted molar refractivity (Wildman–Crippen MR) is 142 cm³/mol. The number of carboxylic acids is 1. The Bertz CT molecular complexity index is 1230. The Labute approximate surface area is 217 Å². The smallest absolute Gasteiger partial charge is 0.360 e. The number of nitrogens with zero attached hydrogens (tertiary/aromatic N) is 4. The lowest BCUT2D eigenvalue weighted by molar-refractivity contribution is -0.129. The number of aliphatic carboxylic acids is 1. The van der Waals surface area contributed by atoms with E-state index in [1.54, 1.807) is 0 Å². The fraction of sp³-hybridized carbons (Fsp3) is 0.655. The zero-order chi connectivity index (χ0) is 25.5. The number of oxime groups is 1. The molecule has 198 valence electrons. The van der Waals surface area contributed by atoms with Crippen LogP contribution in [0.3, 0.4) is 0 Å². The van der Waals surface area contributed by atoms with Crippen molar-refractivity contribution in [1.82, 2.24) is 14.5 Å². The highest BCUT2D eigenvalue weighted by Crippen LogP contribution is 2.46. The number of aromatic nitrogens is 2. The van der Waals surface area contributed by atoms with Gasteiger partial charge in [0.05, 0.1) is 11.0 Å². The van der Waals surface area contributed by atoms with Crippen LogP contribution in [0.25, 0.3) is 11.0 Å². The van der Waals surface area contributed by atoms with Crippen LogP contribution in [0.4, 0.5) is 0 Å². The van der Waals surface area contributed by atoms with Gasteiger partial charge in [-0.2, -0.15) is 0 Å². The number of fused-ring (bicyclic) bond motifs is 5. The van der Waals surface area contributed by atoms with E-state index in [1.165, 1.54) is 71.3 Å². The SMILES string of the molecule is CO/N=C(\C(=O)O)c1nc2ccccc2n([C@H]2C[C@H]3CCC[C@@H](C2)N3[C@H]2CC3CCCC[C@H](C3)C2)c1=O. The molecule has 0 radical (unpaired) electrons. The lowest BCUT2D eigenvalue weighted by Crippen LogP contribution is -2.58. The van der Waals surface area contributed by atoms with Crippen molar-refractivity contribution in [1.29, 1.82) is 0 Å². The van der Waals surface area contributed by atoms with Gasteiger partial charge >= 0.3 is 5.97 Å². The summed E-state index contributed by atoms with van der Waals surface area (Å²) in [6.45, 7) is 0. The van der Waals surface area contributed by atoms with Crippen LogP contribution < -0.4 is 5.56 Å². The normalized spacial score (nSPS) is 32.6. The molecule has 3 heterocycles. The van der Waals surface area contributed by atoms with Gasteiger partial charge in [0.2, 0.25) is 5.71 Å². The van der Waals surface area contributed by atoms with Crippen molar-refractivity contribution in [3.05, 3.63) is 40.3 Å². The number of benzene rings is 1. The lowest BCUT2D eigenvalue weighted by Gasteiger charge is -2.54. The Morgan fingerprint density at radius 3 is 2.24 bits per heavy atom. The first-order valence-electron chi connectivity index (χ1n) is 14.2. The molecule has 4 bridgehead atoms. The third-order valence-corrected chi connectivity index (χ3v) is 9.55. The summed E-state index contributed by atoms with van der Waals surface area (Å²) in [5.74, 6) is 0.445. The lowest BCUT2D eigenvalue weighted by atomic mass is 9.73. The second-order valence-electron chi connectivity index (χ2n) is 11.7. The third-order valence-electron chi connectivity index (χ3n) is 9.55. The summed E-state index contributed by atoms with van der Waals surface area (Å²) in [6, 6.07) is 9.16. The second-order valence-corrected chi connectivity index (χ2v) is 11.7. The van der Waals surface area contributed by atoms with E-state index in [0.29, 0.717) is 23.6 Å². The maximum atomic E-state index is 13.9. The molecule has 4 fully saturated rings.